The Morgan fingerprint density at radius 3 is 2.86 bits per heavy atom. The summed E-state index contributed by atoms with van der Waals surface area (Å²) in [6.07, 6.45) is 2.32. The Kier molecular flexibility index (Phi) is 2.92. The van der Waals surface area contributed by atoms with E-state index in [0.29, 0.717) is 5.69 Å². The van der Waals surface area contributed by atoms with E-state index in [1.807, 2.05) is 0 Å². The maximum atomic E-state index is 10.4. The molecule has 0 atom stereocenters. The van der Waals surface area contributed by atoms with Gasteiger partial charge in [-0.3, -0.25) is 10.1 Å². The Labute approximate surface area is 80.6 Å². The van der Waals surface area contributed by atoms with Gasteiger partial charge in [-0.15, -0.1) is 0 Å². The van der Waals surface area contributed by atoms with Gasteiger partial charge in [-0.25, -0.2) is 0 Å². The Hall–Kier alpha value is -2.22. The highest BCUT2D eigenvalue weighted by Gasteiger charge is 2.09. The van der Waals surface area contributed by atoms with E-state index >= 15 is 0 Å². The van der Waals surface area contributed by atoms with Crippen LogP contribution in [-0.4, -0.2) is 4.92 Å². The highest BCUT2D eigenvalue weighted by atomic mass is 16.6. The third-order valence-corrected chi connectivity index (χ3v) is 1.47. The molecule has 14 heavy (non-hydrogen) atoms. The summed E-state index contributed by atoms with van der Waals surface area (Å²) < 4.78 is 4.89. The number of anilines is 1. The third-order valence-electron chi connectivity index (χ3n) is 1.47. The van der Waals surface area contributed by atoms with Crippen molar-refractivity contribution >= 4 is 11.4 Å². The number of nitro benzene ring substituents is 1. The smallest absolute Gasteiger partial charge is 0.273 e. The van der Waals surface area contributed by atoms with E-state index < -0.39 is 4.92 Å². The van der Waals surface area contributed by atoms with E-state index in [1.165, 1.54) is 18.2 Å². The number of nitrogens with two attached hydrogens (primary N) is 1. The van der Waals surface area contributed by atoms with Crippen molar-refractivity contribution in [3.8, 4) is 17.8 Å². The van der Waals surface area contributed by atoms with E-state index in [2.05, 4.69) is 12.0 Å². The van der Waals surface area contributed by atoms with Gasteiger partial charge in [0, 0.05) is 13.0 Å². The van der Waals surface area contributed by atoms with Crippen LogP contribution >= 0.6 is 0 Å². The average molecular weight is 192 g/mol. The maximum Gasteiger partial charge on any atom is 0.273 e. The molecule has 0 spiro atoms. The molecule has 0 amide bonds. The molecule has 1 rings (SSSR count). The topological polar surface area (TPSA) is 78.4 Å². The quantitative estimate of drug-likeness (QED) is 0.333. The predicted molar refractivity (Wildman–Crippen MR) is 51.6 cm³/mol. The largest absolute Gasteiger partial charge is 0.405 e. The number of rotatable bonds is 2. The molecule has 0 aliphatic carbocycles. The highest BCUT2D eigenvalue weighted by Crippen LogP contribution is 2.26. The molecule has 5 heteroatoms. The maximum absolute atomic E-state index is 10.4. The number of benzene rings is 1. The molecule has 0 unspecified atom stereocenters. The fraction of sp³-hybridized carbons (Fsp3) is 0.111. The van der Waals surface area contributed by atoms with Crippen LogP contribution in [0.3, 0.4) is 0 Å². The SMILES string of the molecule is CC#COc1cc([N+](=O)[O-])ccc1N. The van der Waals surface area contributed by atoms with Crippen molar-refractivity contribution < 1.29 is 9.66 Å². The van der Waals surface area contributed by atoms with Gasteiger partial charge in [-0.1, -0.05) is 5.92 Å². The summed E-state index contributed by atoms with van der Waals surface area (Å²) in [4.78, 5) is 9.89. The lowest BCUT2D eigenvalue weighted by molar-refractivity contribution is -0.384. The van der Waals surface area contributed by atoms with E-state index in [0.717, 1.165) is 0 Å². The molecule has 0 heterocycles. The van der Waals surface area contributed by atoms with E-state index in [-0.39, 0.29) is 11.4 Å². The first kappa shape index (κ1) is 9.86. The van der Waals surface area contributed by atoms with E-state index in [9.17, 15) is 10.1 Å². The number of nitrogen functional groups attached to an aromatic ring is 1. The van der Waals surface area contributed by atoms with Crippen LogP contribution in [0.5, 0.6) is 5.75 Å². The van der Waals surface area contributed by atoms with E-state index in [1.54, 1.807) is 6.92 Å². The molecular weight excluding hydrogens is 184 g/mol. The summed E-state index contributed by atoms with van der Waals surface area (Å²) in [7, 11) is 0. The molecule has 0 fully saturated rings. The van der Waals surface area contributed by atoms with Gasteiger partial charge in [0.1, 0.15) is 6.11 Å². The van der Waals surface area contributed by atoms with Crippen LogP contribution in [0.15, 0.2) is 18.2 Å². The first-order valence-electron chi connectivity index (χ1n) is 3.77. The van der Waals surface area contributed by atoms with Gasteiger partial charge in [0.15, 0.2) is 5.75 Å². The zero-order valence-corrected chi connectivity index (χ0v) is 7.48. The van der Waals surface area contributed by atoms with Crippen LogP contribution in [-0.2, 0) is 0 Å². The first-order valence-corrected chi connectivity index (χ1v) is 3.77. The molecular formula is C9H8N2O3. The number of non-ortho nitro benzene ring substituents is 1. The number of hydrogen-bond acceptors (Lipinski definition) is 4. The second kappa shape index (κ2) is 4.14. The molecule has 0 aliphatic heterocycles. The van der Waals surface area contributed by atoms with Crippen LogP contribution in [0.25, 0.3) is 0 Å². The summed E-state index contributed by atoms with van der Waals surface area (Å²) >= 11 is 0. The van der Waals surface area contributed by atoms with Crippen LogP contribution < -0.4 is 10.5 Å². The van der Waals surface area contributed by atoms with Gasteiger partial charge in [0.25, 0.3) is 5.69 Å². The van der Waals surface area contributed by atoms with Crippen molar-refractivity contribution in [2.75, 3.05) is 5.73 Å². The lowest BCUT2D eigenvalue weighted by atomic mass is 10.2. The van der Waals surface area contributed by atoms with Gasteiger partial charge in [0.05, 0.1) is 16.7 Å². The van der Waals surface area contributed by atoms with Gasteiger partial charge in [-0.05, 0) is 6.07 Å². The second-order valence-corrected chi connectivity index (χ2v) is 2.43. The summed E-state index contributed by atoms with van der Waals surface area (Å²) in [5.41, 5.74) is 5.76. The van der Waals surface area contributed by atoms with Crippen LogP contribution in [0.1, 0.15) is 6.92 Å². The highest BCUT2D eigenvalue weighted by molar-refractivity contribution is 5.57. The van der Waals surface area contributed by atoms with Crippen molar-refractivity contribution in [1.82, 2.24) is 0 Å². The molecule has 0 radical (unpaired) electrons. The molecule has 5 nitrogen and oxygen atoms in total. The second-order valence-electron chi connectivity index (χ2n) is 2.43. The molecule has 1 aromatic carbocycles. The van der Waals surface area contributed by atoms with Crippen LogP contribution in [0.2, 0.25) is 0 Å². The Morgan fingerprint density at radius 1 is 1.57 bits per heavy atom. The molecule has 0 aliphatic rings. The zero-order valence-electron chi connectivity index (χ0n) is 7.48. The van der Waals surface area contributed by atoms with Crippen molar-refractivity contribution in [2.45, 2.75) is 6.92 Å². The zero-order chi connectivity index (χ0) is 10.6. The Balaban J connectivity index is 3.06. The number of nitro groups is 1. The summed E-state index contributed by atoms with van der Waals surface area (Å²) in [6, 6.07) is 3.95. The van der Waals surface area contributed by atoms with Crippen molar-refractivity contribution in [3.05, 3.63) is 28.3 Å². The summed E-state index contributed by atoms with van der Waals surface area (Å²) in [6.45, 7) is 1.59. The lowest BCUT2D eigenvalue weighted by Crippen LogP contribution is -1.94. The Morgan fingerprint density at radius 2 is 2.29 bits per heavy atom. The average Bonchev–Trinajstić information content (AvgIpc) is 2.16. The Bertz CT molecular complexity index is 418. The van der Waals surface area contributed by atoms with E-state index in [4.69, 9.17) is 10.5 Å². The monoisotopic (exact) mass is 192 g/mol. The lowest BCUT2D eigenvalue weighted by Gasteiger charge is -2.00. The molecule has 0 aromatic heterocycles. The van der Waals surface area contributed by atoms with Crippen LogP contribution in [0, 0.1) is 22.1 Å². The van der Waals surface area contributed by atoms with Crippen molar-refractivity contribution in [1.29, 1.82) is 0 Å². The molecule has 1 aromatic rings. The molecule has 0 bridgehead atoms. The van der Waals surface area contributed by atoms with Crippen LogP contribution in [0.4, 0.5) is 11.4 Å². The standard InChI is InChI=1S/C9H8N2O3/c1-2-5-14-9-6-7(11(12)13)3-4-8(9)10/h3-4,6H,10H2,1H3. The minimum atomic E-state index is -0.522. The van der Waals surface area contributed by atoms with Crippen molar-refractivity contribution in [2.24, 2.45) is 0 Å². The van der Waals surface area contributed by atoms with Gasteiger partial charge < -0.3 is 10.5 Å². The molecule has 72 valence electrons. The van der Waals surface area contributed by atoms with Gasteiger partial charge >= 0.3 is 0 Å². The number of nitrogens with zero attached hydrogens (tertiary/aromatic N) is 1. The van der Waals surface area contributed by atoms with Gasteiger partial charge in [0.2, 0.25) is 0 Å². The first-order chi connectivity index (χ1) is 6.65. The number of ether oxygens (including phenoxy) is 1. The summed E-state index contributed by atoms with van der Waals surface area (Å²) in [5, 5.41) is 10.4. The van der Waals surface area contributed by atoms with Crippen molar-refractivity contribution in [3.63, 3.8) is 0 Å². The predicted octanol–water partition coefficient (Wildman–Crippen LogP) is 1.54. The number of hydrogen-bond donors (Lipinski definition) is 1. The molecule has 2 N–H and O–H groups in total. The minimum absolute atomic E-state index is 0.0768. The fourth-order valence-electron chi connectivity index (χ4n) is 0.831. The fourth-order valence-corrected chi connectivity index (χ4v) is 0.831. The minimum Gasteiger partial charge on any atom is -0.405 e. The summed E-state index contributed by atoms with van der Waals surface area (Å²) in [5.74, 6) is 2.70. The normalized spacial score (nSPS) is 8.64. The third kappa shape index (κ3) is 2.14. The molecule has 0 saturated carbocycles. The molecule has 0 saturated heterocycles. The van der Waals surface area contributed by atoms with Gasteiger partial charge in [-0.2, -0.15) is 0 Å².